The van der Waals surface area contributed by atoms with Crippen LogP contribution >= 0.6 is 0 Å². The third-order valence-corrected chi connectivity index (χ3v) is 6.77. The number of ketones is 1. The number of hydrazine groups is 1. The van der Waals surface area contributed by atoms with Crippen molar-refractivity contribution in [2.24, 2.45) is 11.1 Å². The zero-order valence-electron chi connectivity index (χ0n) is 21.9. The number of benzene rings is 2. The monoisotopic (exact) mass is 518 g/mol. The number of methoxy groups -OCH3 is 3. The van der Waals surface area contributed by atoms with Crippen LogP contribution in [0.1, 0.15) is 48.5 Å². The highest BCUT2D eigenvalue weighted by molar-refractivity contribution is 6.01. The van der Waals surface area contributed by atoms with Crippen LogP contribution < -0.4 is 25.4 Å². The third-order valence-electron chi connectivity index (χ3n) is 6.77. The Bertz CT molecular complexity index is 1400. The van der Waals surface area contributed by atoms with Gasteiger partial charge in [-0.25, -0.2) is 5.01 Å². The Morgan fingerprint density at radius 1 is 1.08 bits per heavy atom. The smallest absolute Gasteiger partial charge is 0.270 e. The van der Waals surface area contributed by atoms with Crippen molar-refractivity contribution in [1.82, 2.24) is 10.4 Å². The van der Waals surface area contributed by atoms with Gasteiger partial charge >= 0.3 is 0 Å². The van der Waals surface area contributed by atoms with Crippen LogP contribution in [0.4, 0.5) is 0 Å². The van der Waals surface area contributed by atoms with Gasteiger partial charge < -0.3 is 25.1 Å². The second kappa shape index (κ2) is 10.0. The van der Waals surface area contributed by atoms with E-state index in [0.717, 1.165) is 0 Å². The molecule has 1 unspecified atom stereocenters. The summed E-state index contributed by atoms with van der Waals surface area (Å²) in [5, 5.41) is 21.2. The number of nitrogens with zero attached hydrogens (tertiary/aromatic N) is 2. The van der Waals surface area contributed by atoms with Crippen LogP contribution in [0.3, 0.4) is 0 Å². The van der Waals surface area contributed by atoms with Crippen molar-refractivity contribution < 1.29 is 28.9 Å². The van der Waals surface area contributed by atoms with E-state index in [1.807, 2.05) is 13.8 Å². The fourth-order valence-electron chi connectivity index (χ4n) is 5.00. The fraction of sp³-hybridized carbons (Fsp3) is 0.321. The molecule has 38 heavy (non-hydrogen) atoms. The highest BCUT2D eigenvalue weighted by atomic mass is 16.5. The molecule has 0 saturated carbocycles. The quantitative estimate of drug-likeness (QED) is 0.523. The average Bonchev–Trinajstić information content (AvgIpc) is 2.88. The number of Topliss-reactive ketones (excluding diaryl/α,β-unsaturated/α-hetero) is 1. The van der Waals surface area contributed by atoms with Gasteiger partial charge in [0.15, 0.2) is 17.3 Å². The number of carbonyl (C=O) groups is 2. The third kappa shape index (κ3) is 4.59. The number of phenols is 1. The van der Waals surface area contributed by atoms with E-state index in [2.05, 4.69) is 11.5 Å². The molecule has 0 saturated heterocycles. The van der Waals surface area contributed by atoms with Crippen molar-refractivity contribution in [3.8, 4) is 29.1 Å². The molecule has 198 valence electrons. The number of allylic oxidation sites excluding steroid dienone is 3. The molecule has 4 N–H and O–H groups in total. The lowest BCUT2D eigenvalue weighted by atomic mass is 9.69. The number of rotatable bonds is 6. The van der Waals surface area contributed by atoms with Gasteiger partial charge in [0, 0.05) is 29.2 Å². The minimum Gasteiger partial charge on any atom is -0.508 e. The van der Waals surface area contributed by atoms with E-state index in [1.54, 1.807) is 12.1 Å². The predicted octanol–water partition coefficient (Wildman–Crippen LogP) is 3.50. The Balaban J connectivity index is 1.92. The minimum absolute atomic E-state index is 0.00860. The van der Waals surface area contributed by atoms with Crippen molar-refractivity contribution in [3.63, 3.8) is 0 Å². The van der Waals surface area contributed by atoms with Gasteiger partial charge in [0.25, 0.3) is 5.91 Å². The summed E-state index contributed by atoms with van der Waals surface area (Å²) in [6.07, 6.45) is 0.658. The Morgan fingerprint density at radius 2 is 1.68 bits per heavy atom. The second-order valence-corrected chi connectivity index (χ2v) is 9.92. The van der Waals surface area contributed by atoms with Gasteiger partial charge in [0.2, 0.25) is 0 Å². The van der Waals surface area contributed by atoms with Gasteiger partial charge in [-0.05, 0) is 42.2 Å². The number of aromatic hydroxyl groups is 1. The lowest BCUT2D eigenvalue weighted by molar-refractivity contribution is -0.118. The molecule has 0 bridgehead atoms. The van der Waals surface area contributed by atoms with Gasteiger partial charge in [0.05, 0.1) is 44.6 Å². The van der Waals surface area contributed by atoms with Crippen molar-refractivity contribution in [3.05, 3.63) is 70.2 Å². The van der Waals surface area contributed by atoms with E-state index in [9.17, 15) is 20.0 Å². The summed E-state index contributed by atoms with van der Waals surface area (Å²) in [6, 6.07) is 11.2. The van der Waals surface area contributed by atoms with E-state index in [4.69, 9.17) is 19.9 Å². The maximum atomic E-state index is 13.7. The topological polar surface area (TPSA) is 147 Å². The molecule has 0 fully saturated rings. The maximum Gasteiger partial charge on any atom is 0.270 e. The van der Waals surface area contributed by atoms with Gasteiger partial charge in [-0.3, -0.25) is 15.0 Å². The summed E-state index contributed by atoms with van der Waals surface area (Å²) in [5.74, 6) is -0.320. The highest BCUT2D eigenvalue weighted by Crippen LogP contribution is 2.51. The summed E-state index contributed by atoms with van der Waals surface area (Å²) in [7, 11) is 4.47. The van der Waals surface area contributed by atoms with Crippen LogP contribution in [0.15, 0.2) is 59.1 Å². The average molecular weight is 519 g/mol. The van der Waals surface area contributed by atoms with Crippen LogP contribution in [-0.2, 0) is 4.79 Å². The zero-order chi connectivity index (χ0) is 27.8. The minimum atomic E-state index is -0.852. The largest absolute Gasteiger partial charge is 0.508 e. The molecule has 2 aromatic rings. The highest BCUT2D eigenvalue weighted by Gasteiger charge is 2.46. The molecular weight excluding hydrogens is 488 g/mol. The summed E-state index contributed by atoms with van der Waals surface area (Å²) in [5.41, 5.74) is 10.6. The fourth-order valence-corrected chi connectivity index (χ4v) is 5.00. The van der Waals surface area contributed by atoms with Gasteiger partial charge in [0.1, 0.15) is 17.3 Å². The molecule has 1 amide bonds. The molecular formula is C28H30N4O6. The molecule has 1 aliphatic carbocycles. The van der Waals surface area contributed by atoms with E-state index in [-0.39, 0.29) is 34.9 Å². The van der Waals surface area contributed by atoms with Crippen molar-refractivity contribution in [2.75, 3.05) is 21.3 Å². The number of carbonyl (C=O) groups excluding carboxylic acids is 2. The summed E-state index contributed by atoms with van der Waals surface area (Å²) in [4.78, 5) is 26.9. The van der Waals surface area contributed by atoms with E-state index < -0.39 is 17.2 Å². The standard InChI is InChI=1S/C28H30N4O6/c1-28(2)12-19-25(20(34)13-28)24(17-10-22(37-4)23(38-5)11-21(17)36-3)18(14-29)26(30)32(19)31-27(35)15-6-8-16(33)9-7-15/h6-11,24,33H,12-13,30H2,1-5H3,(H,31,35). The Hall–Kier alpha value is -4.65. The SMILES string of the molecule is COc1cc(OC)c(C2C(C#N)=C(N)N(NC(=O)c3ccc(O)cc3)C3=C2C(=O)CC(C)(C)C3)cc1OC. The van der Waals surface area contributed by atoms with Crippen LogP contribution in [0.25, 0.3) is 0 Å². The molecule has 2 aromatic carbocycles. The summed E-state index contributed by atoms with van der Waals surface area (Å²) in [6.45, 7) is 3.92. The van der Waals surface area contributed by atoms with E-state index in [0.29, 0.717) is 40.5 Å². The first kappa shape index (κ1) is 26.4. The Morgan fingerprint density at radius 3 is 2.26 bits per heavy atom. The molecule has 2 aliphatic rings. The Labute approximate surface area is 220 Å². The number of nitrogens with two attached hydrogens (primary N) is 1. The first-order valence-electron chi connectivity index (χ1n) is 11.9. The Kier molecular flexibility index (Phi) is 6.96. The van der Waals surface area contributed by atoms with Gasteiger partial charge in [-0.2, -0.15) is 5.26 Å². The number of phenolic OH excluding ortho intramolecular Hbond substituents is 1. The van der Waals surface area contributed by atoms with Crippen LogP contribution in [0, 0.1) is 16.7 Å². The van der Waals surface area contributed by atoms with Crippen molar-refractivity contribution >= 4 is 11.7 Å². The maximum absolute atomic E-state index is 13.7. The van der Waals surface area contributed by atoms with Crippen LogP contribution in [0.2, 0.25) is 0 Å². The first-order chi connectivity index (χ1) is 18.0. The molecule has 4 rings (SSSR count). The molecule has 10 heteroatoms. The predicted molar refractivity (Wildman–Crippen MR) is 138 cm³/mol. The molecule has 0 spiro atoms. The number of ether oxygens (including phenoxy) is 3. The number of nitriles is 1. The van der Waals surface area contributed by atoms with Crippen LogP contribution in [0.5, 0.6) is 23.0 Å². The first-order valence-corrected chi connectivity index (χ1v) is 11.9. The van der Waals surface area contributed by atoms with Gasteiger partial charge in [-0.15, -0.1) is 0 Å². The molecule has 10 nitrogen and oxygen atoms in total. The molecule has 1 heterocycles. The summed E-state index contributed by atoms with van der Waals surface area (Å²) < 4.78 is 16.5. The number of amides is 1. The second-order valence-electron chi connectivity index (χ2n) is 9.92. The molecule has 0 radical (unpaired) electrons. The lowest BCUT2D eigenvalue weighted by Crippen LogP contribution is -2.49. The van der Waals surface area contributed by atoms with Crippen molar-refractivity contribution in [2.45, 2.75) is 32.6 Å². The molecule has 0 aromatic heterocycles. The normalized spacial score (nSPS) is 18.5. The van der Waals surface area contributed by atoms with Crippen LogP contribution in [-0.4, -0.2) is 43.1 Å². The number of hydrogen-bond acceptors (Lipinski definition) is 9. The van der Waals surface area contributed by atoms with E-state index >= 15 is 0 Å². The number of nitrogens with one attached hydrogen (secondary N) is 1. The van der Waals surface area contributed by atoms with Crippen molar-refractivity contribution in [1.29, 1.82) is 5.26 Å². The number of hydrogen-bond donors (Lipinski definition) is 3. The zero-order valence-corrected chi connectivity index (χ0v) is 21.9. The molecule has 1 aliphatic heterocycles. The lowest BCUT2D eigenvalue weighted by Gasteiger charge is -2.43. The summed E-state index contributed by atoms with van der Waals surface area (Å²) >= 11 is 0. The van der Waals surface area contributed by atoms with E-state index in [1.165, 1.54) is 50.6 Å². The van der Waals surface area contributed by atoms with Gasteiger partial charge in [-0.1, -0.05) is 13.8 Å². The molecule has 1 atom stereocenters.